The molecule has 3 aromatic rings. The normalized spacial score (nSPS) is 11.4. The van der Waals surface area contributed by atoms with Crippen molar-refractivity contribution in [1.29, 1.82) is 0 Å². The Morgan fingerprint density at radius 3 is 2.22 bits per heavy atom. The van der Waals surface area contributed by atoms with Gasteiger partial charge in [0.05, 0.1) is 21.7 Å². The van der Waals surface area contributed by atoms with Crippen LogP contribution in [-0.4, -0.2) is 15.7 Å². The lowest BCUT2D eigenvalue weighted by Crippen LogP contribution is -2.25. The zero-order valence-electron chi connectivity index (χ0n) is 16.3. The molecule has 0 unspecified atom stereocenters. The van der Waals surface area contributed by atoms with Gasteiger partial charge in [-0.05, 0) is 58.9 Å². The number of aromatic nitrogens is 2. The fraction of sp³-hybridized carbons (Fsp3) is 0.273. The lowest BCUT2D eigenvalue weighted by molar-refractivity contribution is 0.0704. The molecule has 1 aromatic heterocycles. The van der Waals surface area contributed by atoms with Crippen molar-refractivity contribution in [2.45, 2.75) is 49.9 Å². The standard InChI is InChI=1S/C22H24N2O2S/c1-15-11-13-17(14-12-15)21(25)26-20-19(27-18-9-7-6-8-10-18)16(2)23-24(20)22(3,4)5/h6-14H,1-5H3. The van der Waals surface area contributed by atoms with E-state index in [-0.39, 0.29) is 11.5 Å². The number of hydrogen-bond donors (Lipinski definition) is 0. The maximum atomic E-state index is 12.7. The molecule has 0 saturated carbocycles. The Bertz CT molecular complexity index is 939. The number of carbonyl (C=O) groups excluding carboxylic acids is 1. The van der Waals surface area contributed by atoms with E-state index in [2.05, 4.69) is 5.10 Å². The third-order valence-electron chi connectivity index (χ3n) is 4.04. The van der Waals surface area contributed by atoms with Gasteiger partial charge in [0.1, 0.15) is 0 Å². The zero-order valence-corrected chi connectivity index (χ0v) is 17.1. The fourth-order valence-corrected chi connectivity index (χ4v) is 3.53. The molecule has 0 aliphatic rings. The van der Waals surface area contributed by atoms with Gasteiger partial charge in [-0.25, -0.2) is 9.48 Å². The predicted octanol–water partition coefficient (Wildman–Crippen LogP) is 5.63. The van der Waals surface area contributed by atoms with Crippen molar-refractivity contribution in [3.63, 3.8) is 0 Å². The van der Waals surface area contributed by atoms with E-state index in [0.29, 0.717) is 11.4 Å². The van der Waals surface area contributed by atoms with E-state index in [1.807, 2.05) is 77.1 Å². The van der Waals surface area contributed by atoms with E-state index in [4.69, 9.17) is 4.74 Å². The topological polar surface area (TPSA) is 44.1 Å². The van der Waals surface area contributed by atoms with Gasteiger partial charge in [0.2, 0.25) is 5.88 Å². The van der Waals surface area contributed by atoms with Crippen LogP contribution >= 0.6 is 11.8 Å². The van der Waals surface area contributed by atoms with Crippen LogP contribution in [0.5, 0.6) is 5.88 Å². The van der Waals surface area contributed by atoms with Crippen LogP contribution in [0.3, 0.4) is 0 Å². The molecule has 140 valence electrons. The Balaban J connectivity index is 2.00. The van der Waals surface area contributed by atoms with Crippen LogP contribution in [0.1, 0.15) is 42.4 Å². The van der Waals surface area contributed by atoms with E-state index in [1.165, 1.54) is 0 Å². The average molecular weight is 381 g/mol. The highest BCUT2D eigenvalue weighted by atomic mass is 32.2. The van der Waals surface area contributed by atoms with Crippen molar-refractivity contribution in [3.05, 3.63) is 71.4 Å². The van der Waals surface area contributed by atoms with Gasteiger partial charge in [-0.15, -0.1) is 0 Å². The van der Waals surface area contributed by atoms with Crippen molar-refractivity contribution < 1.29 is 9.53 Å². The Morgan fingerprint density at radius 1 is 1.00 bits per heavy atom. The highest BCUT2D eigenvalue weighted by Gasteiger charge is 2.27. The van der Waals surface area contributed by atoms with Gasteiger partial charge in [-0.2, -0.15) is 5.10 Å². The number of nitrogens with zero attached hydrogens (tertiary/aromatic N) is 2. The van der Waals surface area contributed by atoms with Gasteiger partial charge in [-0.3, -0.25) is 0 Å². The number of ether oxygens (including phenoxy) is 1. The molecule has 27 heavy (non-hydrogen) atoms. The van der Waals surface area contributed by atoms with Gasteiger partial charge in [0.25, 0.3) is 0 Å². The summed E-state index contributed by atoms with van der Waals surface area (Å²) in [6, 6.07) is 17.4. The molecule has 0 bridgehead atoms. The predicted molar refractivity (Wildman–Crippen MR) is 109 cm³/mol. The number of hydrogen-bond acceptors (Lipinski definition) is 4. The Hall–Kier alpha value is -2.53. The second kappa shape index (κ2) is 7.61. The summed E-state index contributed by atoms with van der Waals surface area (Å²) in [6.45, 7) is 10.1. The van der Waals surface area contributed by atoms with Crippen LogP contribution < -0.4 is 4.74 Å². The van der Waals surface area contributed by atoms with Crippen LogP contribution in [0.4, 0.5) is 0 Å². The molecule has 4 nitrogen and oxygen atoms in total. The van der Waals surface area contributed by atoms with Gasteiger partial charge >= 0.3 is 5.97 Å². The molecule has 0 aliphatic carbocycles. The highest BCUT2D eigenvalue weighted by Crippen LogP contribution is 2.40. The Kier molecular flexibility index (Phi) is 5.42. The summed E-state index contributed by atoms with van der Waals surface area (Å²) in [5, 5.41) is 4.66. The van der Waals surface area contributed by atoms with Gasteiger partial charge in [-0.1, -0.05) is 47.7 Å². The van der Waals surface area contributed by atoms with Crippen LogP contribution in [0.15, 0.2) is 64.4 Å². The molecule has 0 amide bonds. The quantitative estimate of drug-likeness (QED) is 0.551. The van der Waals surface area contributed by atoms with Crippen molar-refractivity contribution in [3.8, 4) is 5.88 Å². The first-order valence-electron chi connectivity index (χ1n) is 8.87. The minimum atomic E-state index is -0.379. The largest absolute Gasteiger partial charge is 0.403 e. The molecule has 1 heterocycles. The molecule has 0 spiro atoms. The minimum absolute atomic E-state index is 0.316. The lowest BCUT2D eigenvalue weighted by Gasteiger charge is -2.22. The van der Waals surface area contributed by atoms with Crippen LogP contribution in [0.2, 0.25) is 0 Å². The molecule has 0 aliphatic heterocycles. The zero-order chi connectivity index (χ0) is 19.6. The summed E-state index contributed by atoms with van der Waals surface area (Å²) in [7, 11) is 0. The highest BCUT2D eigenvalue weighted by molar-refractivity contribution is 7.99. The summed E-state index contributed by atoms with van der Waals surface area (Å²) in [5.74, 6) is 0.106. The molecule has 2 aromatic carbocycles. The van der Waals surface area contributed by atoms with E-state index >= 15 is 0 Å². The lowest BCUT2D eigenvalue weighted by atomic mass is 10.1. The molecule has 5 heteroatoms. The fourth-order valence-electron chi connectivity index (χ4n) is 2.60. The summed E-state index contributed by atoms with van der Waals surface area (Å²) in [4.78, 5) is 14.7. The summed E-state index contributed by atoms with van der Waals surface area (Å²) in [5.41, 5.74) is 2.15. The summed E-state index contributed by atoms with van der Waals surface area (Å²) in [6.07, 6.45) is 0. The number of rotatable bonds is 4. The first-order chi connectivity index (χ1) is 12.8. The monoisotopic (exact) mass is 380 g/mol. The molecule has 0 N–H and O–H groups in total. The average Bonchev–Trinajstić information content (AvgIpc) is 2.93. The summed E-state index contributed by atoms with van der Waals surface area (Å²) < 4.78 is 7.65. The van der Waals surface area contributed by atoms with E-state index in [9.17, 15) is 4.79 Å². The maximum Gasteiger partial charge on any atom is 0.344 e. The SMILES string of the molecule is Cc1ccc(C(=O)Oc2c(Sc3ccccc3)c(C)nn2C(C)(C)C)cc1. The summed E-state index contributed by atoms with van der Waals surface area (Å²) >= 11 is 1.56. The second-order valence-electron chi connectivity index (χ2n) is 7.47. The smallest absolute Gasteiger partial charge is 0.344 e. The number of carbonyl (C=O) groups is 1. The molecular formula is C22H24N2O2S. The Morgan fingerprint density at radius 2 is 1.63 bits per heavy atom. The first-order valence-corrected chi connectivity index (χ1v) is 9.69. The molecule has 0 radical (unpaired) electrons. The van der Waals surface area contributed by atoms with Crippen LogP contribution in [-0.2, 0) is 5.54 Å². The number of benzene rings is 2. The third kappa shape index (κ3) is 4.42. The number of aryl methyl sites for hydroxylation is 2. The molecule has 0 fully saturated rings. The van der Waals surface area contributed by atoms with Gasteiger partial charge in [0, 0.05) is 4.90 Å². The van der Waals surface area contributed by atoms with E-state index in [0.717, 1.165) is 21.0 Å². The first kappa shape index (κ1) is 19.2. The van der Waals surface area contributed by atoms with E-state index in [1.54, 1.807) is 28.6 Å². The third-order valence-corrected chi connectivity index (χ3v) is 5.22. The van der Waals surface area contributed by atoms with E-state index < -0.39 is 0 Å². The van der Waals surface area contributed by atoms with Crippen LogP contribution in [0.25, 0.3) is 0 Å². The molecule has 3 rings (SSSR count). The molecular weight excluding hydrogens is 356 g/mol. The minimum Gasteiger partial charge on any atom is -0.403 e. The van der Waals surface area contributed by atoms with Gasteiger partial charge in [0.15, 0.2) is 0 Å². The van der Waals surface area contributed by atoms with Crippen molar-refractivity contribution >= 4 is 17.7 Å². The van der Waals surface area contributed by atoms with Gasteiger partial charge < -0.3 is 4.74 Å². The van der Waals surface area contributed by atoms with Crippen molar-refractivity contribution in [2.75, 3.05) is 0 Å². The molecule has 0 atom stereocenters. The van der Waals surface area contributed by atoms with Crippen molar-refractivity contribution in [1.82, 2.24) is 9.78 Å². The maximum absolute atomic E-state index is 12.7. The second-order valence-corrected chi connectivity index (χ2v) is 8.56. The van der Waals surface area contributed by atoms with Crippen LogP contribution in [0, 0.1) is 13.8 Å². The molecule has 0 saturated heterocycles. The number of esters is 1. The van der Waals surface area contributed by atoms with Crippen molar-refractivity contribution in [2.24, 2.45) is 0 Å². The Labute approximate surface area is 164 Å².